The summed E-state index contributed by atoms with van der Waals surface area (Å²) in [6.07, 6.45) is 1.58. The first-order chi connectivity index (χ1) is 10.4. The van der Waals surface area contributed by atoms with E-state index in [0.717, 1.165) is 5.56 Å². The van der Waals surface area contributed by atoms with Crippen molar-refractivity contribution in [1.29, 1.82) is 0 Å². The van der Waals surface area contributed by atoms with Crippen molar-refractivity contribution < 1.29 is 4.79 Å². The molecule has 0 bridgehead atoms. The number of hydrogen-bond acceptors (Lipinski definition) is 3. The Morgan fingerprint density at radius 1 is 1.30 bits per heavy atom. The Kier molecular flexibility index (Phi) is 7.00. The summed E-state index contributed by atoms with van der Waals surface area (Å²) in [6, 6.07) is 10.7. The molecular weight excluding hydrogens is 382 g/mol. The average Bonchev–Trinajstić information content (AvgIpc) is 2.51. The van der Waals surface area contributed by atoms with Crippen molar-refractivity contribution in [1.82, 2.24) is 4.57 Å². The fourth-order valence-electron chi connectivity index (χ4n) is 2.12. The van der Waals surface area contributed by atoms with Crippen molar-refractivity contribution in [3.63, 3.8) is 0 Å². The van der Waals surface area contributed by atoms with Gasteiger partial charge in [-0.25, -0.2) is 0 Å². The zero-order chi connectivity index (χ0) is 16.3. The maximum absolute atomic E-state index is 12.3. The van der Waals surface area contributed by atoms with E-state index >= 15 is 0 Å². The summed E-state index contributed by atoms with van der Waals surface area (Å²) in [6.45, 7) is 1.78. The molecule has 5 nitrogen and oxygen atoms in total. The van der Waals surface area contributed by atoms with Crippen LogP contribution in [0.5, 0.6) is 0 Å². The molecule has 0 aliphatic rings. The Morgan fingerprint density at radius 2 is 1.91 bits per heavy atom. The minimum Gasteiger partial charge on any atom is -0.324 e. The molecular formula is C16H19BrClN3O2. The highest BCUT2D eigenvalue weighted by Gasteiger charge is 2.22. The normalized spacial score (nSPS) is 12.9. The lowest BCUT2D eigenvalue weighted by molar-refractivity contribution is -0.120. The van der Waals surface area contributed by atoms with Gasteiger partial charge in [-0.2, -0.15) is 0 Å². The first-order valence-corrected chi connectivity index (χ1v) is 7.67. The number of aryl methyl sites for hydroxylation is 1. The van der Waals surface area contributed by atoms with Crippen LogP contribution in [0.1, 0.15) is 18.5 Å². The van der Waals surface area contributed by atoms with Crippen LogP contribution in [0, 0.1) is 5.92 Å². The second kappa shape index (κ2) is 8.29. The van der Waals surface area contributed by atoms with E-state index in [1.54, 1.807) is 26.2 Å². The van der Waals surface area contributed by atoms with Gasteiger partial charge >= 0.3 is 0 Å². The zero-order valence-electron chi connectivity index (χ0n) is 12.8. The number of pyridine rings is 1. The summed E-state index contributed by atoms with van der Waals surface area (Å²) in [5, 5.41) is 2.79. The third-order valence-corrected chi connectivity index (χ3v) is 4.11. The van der Waals surface area contributed by atoms with Crippen LogP contribution in [0.4, 0.5) is 5.69 Å². The molecule has 2 unspecified atom stereocenters. The van der Waals surface area contributed by atoms with Crippen LogP contribution < -0.4 is 16.6 Å². The Balaban J connectivity index is 0.00000264. The molecule has 3 N–H and O–H groups in total. The quantitative estimate of drug-likeness (QED) is 0.828. The number of anilines is 1. The number of nitrogens with one attached hydrogen (secondary N) is 1. The maximum Gasteiger partial charge on any atom is 0.264 e. The minimum atomic E-state index is -0.404. The van der Waals surface area contributed by atoms with Crippen LogP contribution in [0.15, 0.2) is 51.9 Å². The lowest BCUT2D eigenvalue weighted by Gasteiger charge is -2.20. The van der Waals surface area contributed by atoms with Crippen LogP contribution in [0.3, 0.4) is 0 Å². The third kappa shape index (κ3) is 4.67. The van der Waals surface area contributed by atoms with Gasteiger partial charge in [0.15, 0.2) is 0 Å². The van der Waals surface area contributed by atoms with Gasteiger partial charge in [0.2, 0.25) is 5.91 Å². The van der Waals surface area contributed by atoms with E-state index in [9.17, 15) is 9.59 Å². The zero-order valence-corrected chi connectivity index (χ0v) is 15.2. The SMILES string of the molecule is CC(C(=O)Nc1cc(Br)c(=O)n(C)c1)C(N)c1ccccc1.Cl. The highest BCUT2D eigenvalue weighted by Crippen LogP contribution is 2.21. The standard InChI is InChI=1S/C16H18BrN3O2.ClH/c1-10(14(18)11-6-4-3-5-7-11)15(21)19-12-8-13(17)16(22)20(2)9-12;/h3-10,14H,18H2,1-2H3,(H,19,21);1H. The molecule has 2 aromatic rings. The van der Waals surface area contributed by atoms with Gasteiger partial charge in [-0.3, -0.25) is 9.59 Å². The third-order valence-electron chi connectivity index (χ3n) is 3.54. The number of carbonyl (C=O) groups excluding carboxylic acids is 1. The topological polar surface area (TPSA) is 77.1 Å². The second-order valence-electron chi connectivity index (χ2n) is 5.21. The number of carbonyl (C=O) groups is 1. The van der Waals surface area contributed by atoms with E-state index in [2.05, 4.69) is 21.2 Å². The van der Waals surface area contributed by atoms with Crippen LogP contribution in [-0.4, -0.2) is 10.5 Å². The smallest absolute Gasteiger partial charge is 0.264 e. The molecule has 1 aromatic carbocycles. The molecule has 0 radical (unpaired) electrons. The molecule has 1 amide bonds. The minimum absolute atomic E-state index is 0. The van der Waals surface area contributed by atoms with Crippen molar-refractivity contribution >= 4 is 39.9 Å². The summed E-state index contributed by atoms with van der Waals surface area (Å²) < 4.78 is 1.80. The van der Waals surface area contributed by atoms with Gasteiger partial charge in [0.05, 0.1) is 16.1 Å². The summed E-state index contributed by atoms with van der Waals surface area (Å²) in [4.78, 5) is 24.0. The summed E-state index contributed by atoms with van der Waals surface area (Å²) >= 11 is 3.18. The number of nitrogens with zero attached hydrogens (tertiary/aromatic N) is 1. The second-order valence-corrected chi connectivity index (χ2v) is 6.06. The first-order valence-electron chi connectivity index (χ1n) is 6.87. The predicted octanol–water partition coefficient (Wildman–Crippen LogP) is 2.84. The van der Waals surface area contributed by atoms with Crippen molar-refractivity contribution in [3.05, 3.63) is 63.0 Å². The number of hydrogen-bond donors (Lipinski definition) is 2. The number of halogens is 2. The average molecular weight is 401 g/mol. The molecule has 0 saturated heterocycles. The Morgan fingerprint density at radius 3 is 2.48 bits per heavy atom. The van der Waals surface area contributed by atoms with Gasteiger partial charge < -0.3 is 15.6 Å². The molecule has 0 aliphatic heterocycles. The maximum atomic E-state index is 12.3. The van der Waals surface area contributed by atoms with Gasteiger partial charge in [0.25, 0.3) is 5.56 Å². The molecule has 0 saturated carbocycles. The lowest BCUT2D eigenvalue weighted by Crippen LogP contribution is -2.31. The van der Waals surface area contributed by atoms with Crippen molar-refractivity contribution in [3.8, 4) is 0 Å². The van der Waals surface area contributed by atoms with E-state index in [-0.39, 0.29) is 23.9 Å². The number of aromatic nitrogens is 1. The highest BCUT2D eigenvalue weighted by molar-refractivity contribution is 9.10. The van der Waals surface area contributed by atoms with Gasteiger partial charge in [0.1, 0.15) is 0 Å². The van der Waals surface area contributed by atoms with Gasteiger partial charge in [-0.1, -0.05) is 37.3 Å². The largest absolute Gasteiger partial charge is 0.324 e. The van der Waals surface area contributed by atoms with Crippen molar-refractivity contribution in [2.24, 2.45) is 18.7 Å². The van der Waals surface area contributed by atoms with Crippen LogP contribution in [-0.2, 0) is 11.8 Å². The van der Waals surface area contributed by atoms with E-state index in [4.69, 9.17) is 5.73 Å². The molecule has 0 spiro atoms. The molecule has 124 valence electrons. The Labute approximate surface area is 149 Å². The summed E-state index contributed by atoms with van der Waals surface area (Å²) in [7, 11) is 1.63. The molecule has 1 heterocycles. The van der Waals surface area contributed by atoms with Crippen LogP contribution in [0.2, 0.25) is 0 Å². The molecule has 7 heteroatoms. The van der Waals surface area contributed by atoms with E-state index in [0.29, 0.717) is 10.2 Å². The van der Waals surface area contributed by atoms with Crippen molar-refractivity contribution in [2.75, 3.05) is 5.32 Å². The number of benzene rings is 1. The fourth-order valence-corrected chi connectivity index (χ4v) is 2.65. The van der Waals surface area contributed by atoms with Gasteiger partial charge in [0, 0.05) is 19.3 Å². The van der Waals surface area contributed by atoms with E-state index in [1.807, 2.05) is 30.3 Å². The summed E-state index contributed by atoms with van der Waals surface area (Å²) in [5.74, 6) is -0.597. The van der Waals surface area contributed by atoms with Crippen molar-refractivity contribution in [2.45, 2.75) is 13.0 Å². The first kappa shape index (κ1) is 19.4. The van der Waals surface area contributed by atoms with Crippen LogP contribution >= 0.6 is 28.3 Å². The van der Waals surface area contributed by atoms with Gasteiger partial charge in [-0.05, 0) is 27.6 Å². The number of rotatable bonds is 4. The molecule has 2 rings (SSSR count). The molecule has 0 fully saturated rings. The van der Waals surface area contributed by atoms with E-state index < -0.39 is 12.0 Å². The molecule has 0 aliphatic carbocycles. The fraction of sp³-hybridized carbons (Fsp3) is 0.250. The Hall–Kier alpha value is -1.63. The molecule has 2 atom stereocenters. The summed E-state index contributed by atoms with van der Waals surface area (Å²) in [5.41, 5.74) is 7.45. The monoisotopic (exact) mass is 399 g/mol. The predicted molar refractivity (Wildman–Crippen MR) is 97.8 cm³/mol. The van der Waals surface area contributed by atoms with Crippen LogP contribution in [0.25, 0.3) is 0 Å². The molecule has 23 heavy (non-hydrogen) atoms. The lowest BCUT2D eigenvalue weighted by atomic mass is 9.94. The number of amides is 1. The number of nitrogens with two attached hydrogens (primary N) is 1. The van der Waals surface area contributed by atoms with E-state index in [1.165, 1.54) is 4.57 Å². The highest BCUT2D eigenvalue weighted by atomic mass is 79.9. The Bertz CT molecular complexity index is 708. The van der Waals surface area contributed by atoms with Gasteiger partial charge in [-0.15, -0.1) is 12.4 Å². The molecule has 1 aromatic heterocycles.